The fourth-order valence-corrected chi connectivity index (χ4v) is 2.16. The first kappa shape index (κ1) is 17.3. The van der Waals surface area contributed by atoms with Crippen molar-refractivity contribution in [3.05, 3.63) is 64.4 Å². The smallest absolute Gasteiger partial charge is 0.457 e. The highest BCUT2D eigenvalue weighted by Crippen LogP contribution is 2.31. The molecule has 0 atom stereocenters. The number of nitrogens with zero attached hydrogens (tertiary/aromatic N) is 1. The number of furan rings is 1. The summed E-state index contributed by atoms with van der Waals surface area (Å²) in [5.41, 5.74) is -0.0713. The van der Waals surface area contributed by atoms with Crippen LogP contribution in [0.1, 0.15) is 10.4 Å². The Kier molecular flexibility index (Phi) is 4.24. The number of fused-ring (bicyclic) bond motifs is 1. The fourth-order valence-electron chi connectivity index (χ4n) is 2.16. The maximum atomic E-state index is 12.1. The number of hydrogen-bond donors (Lipinski definition) is 0. The highest BCUT2D eigenvalue weighted by Gasteiger charge is 2.31. The van der Waals surface area contributed by atoms with Gasteiger partial charge in [0, 0.05) is 0 Å². The topological polar surface area (TPSA) is 91.8 Å². The number of esters is 1. The Hall–Kier alpha value is -3.56. The molecule has 0 unspecified atom stereocenters. The lowest BCUT2D eigenvalue weighted by Gasteiger charge is -2.09. The van der Waals surface area contributed by atoms with Crippen molar-refractivity contribution in [1.29, 1.82) is 0 Å². The molecule has 0 N–H and O–H groups in total. The first-order valence-corrected chi connectivity index (χ1v) is 6.96. The lowest BCUT2D eigenvalue weighted by Crippen LogP contribution is -2.17. The Labute approximate surface area is 142 Å². The molecule has 0 saturated carbocycles. The van der Waals surface area contributed by atoms with E-state index in [4.69, 9.17) is 9.15 Å². The maximum absolute atomic E-state index is 12.1. The first-order valence-electron chi connectivity index (χ1n) is 6.96. The van der Waals surface area contributed by atoms with E-state index in [1.165, 1.54) is 18.2 Å². The van der Waals surface area contributed by atoms with Gasteiger partial charge in [0.25, 0.3) is 0 Å². The van der Waals surface area contributed by atoms with E-state index in [1.54, 1.807) is 0 Å². The minimum Gasteiger partial charge on any atom is -0.457 e. The molecule has 10 heteroatoms. The van der Waals surface area contributed by atoms with Crippen molar-refractivity contribution < 1.29 is 36.8 Å². The summed E-state index contributed by atoms with van der Waals surface area (Å²) in [6.45, 7) is 0. The van der Waals surface area contributed by atoms with E-state index in [0.29, 0.717) is 0 Å². The molecule has 134 valence electrons. The van der Waals surface area contributed by atoms with E-state index >= 15 is 0 Å². The molecule has 3 aromatic rings. The number of alkyl halides is 3. The number of ether oxygens (including phenoxy) is 2. The van der Waals surface area contributed by atoms with Gasteiger partial charge < -0.3 is 13.9 Å². The molecular formula is C16H8F3NO6. The quantitative estimate of drug-likeness (QED) is 0.293. The molecule has 0 aliphatic carbocycles. The first-order chi connectivity index (χ1) is 12.2. The van der Waals surface area contributed by atoms with Gasteiger partial charge >= 0.3 is 18.0 Å². The van der Waals surface area contributed by atoms with Gasteiger partial charge in [-0.05, 0) is 42.5 Å². The van der Waals surface area contributed by atoms with Crippen LogP contribution in [0.5, 0.6) is 11.5 Å². The van der Waals surface area contributed by atoms with Crippen LogP contribution >= 0.6 is 0 Å². The van der Waals surface area contributed by atoms with Crippen molar-refractivity contribution in [1.82, 2.24) is 0 Å². The number of carbonyl (C=O) groups is 1. The van der Waals surface area contributed by atoms with Crippen molar-refractivity contribution in [2.75, 3.05) is 0 Å². The third-order valence-corrected chi connectivity index (χ3v) is 3.26. The predicted octanol–water partition coefficient (Wildman–Crippen LogP) is 4.46. The van der Waals surface area contributed by atoms with Crippen LogP contribution in [0.2, 0.25) is 0 Å². The van der Waals surface area contributed by atoms with Crippen LogP contribution in [-0.4, -0.2) is 17.3 Å². The average molecular weight is 367 g/mol. The summed E-state index contributed by atoms with van der Waals surface area (Å²) in [7, 11) is 0. The highest BCUT2D eigenvalue weighted by atomic mass is 19.4. The van der Waals surface area contributed by atoms with Crippen molar-refractivity contribution >= 4 is 22.6 Å². The third-order valence-electron chi connectivity index (χ3n) is 3.26. The maximum Gasteiger partial charge on any atom is 0.573 e. The Bertz CT molecular complexity index is 978. The second-order valence-corrected chi connectivity index (χ2v) is 5.00. The monoisotopic (exact) mass is 367 g/mol. The van der Waals surface area contributed by atoms with Gasteiger partial charge in [-0.2, -0.15) is 0 Å². The van der Waals surface area contributed by atoms with Crippen LogP contribution in [0.15, 0.2) is 53.1 Å². The molecule has 0 aliphatic heterocycles. The van der Waals surface area contributed by atoms with Crippen molar-refractivity contribution in [2.45, 2.75) is 6.36 Å². The van der Waals surface area contributed by atoms with Gasteiger partial charge in [0.1, 0.15) is 22.5 Å². The summed E-state index contributed by atoms with van der Waals surface area (Å²) < 4.78 is 50.1. The van der Waals surface area contributed by atoms with Gasteiger partial charge in [-0.15, -0.1) is 13.2 Å². The summed E-state index contributed by atoms with van der Waals surface area (Å²) in [5, 5.41) is 11.1. The molecule has 1 aromatic heterocycles. The summed E-state index contributed by atoms with van der Waals surface area (Å²) in [6, 6.07) is 8.16. The van der Waals surface area contributed by atoms with Gasteiger partial charge in [0.15, 0.2) is 6.26 Å². The zero-order valence-corrected chi connectivity index (χ0v) is 12.6. The van der Waals surface area contributed by atoms with Crippen LogP contribution in [0.3, 0.4) is 0 Å². The molecule has 0 saturated heterocycles. The molecule has 0 bridgehead atoms. The molecule has 0 amide bonds. The summed E-state index contributed by atoms with van der Waals surface area (Å²) in [5.74, 6) is -1.32. The van der Waals surface area contributed by atoms with Gasteiger partial charge in [0.2, 0.25) is 0 Å². The van der Waals surface area contributed by atoms with Crippen LogP contribution < -0.4 is 9.47 Å². The Balaban J connectivity index is 1.78. The number of benzene rings is 2. The molecule has 1 heterocycles. The molecule has 26 heavy (non-hydrogen) atoms. The fraction of sp³-hybridized carbons (Fsp3) is 0.0625. The van der Waals surface area contributed by atoms with E-state index < -0.39 is 23.0 Å². The lowest BCUT2D eigenvalue weighted by atomic mass is 10.2. The van der Waals surface area contributed by atoms with E-state index in [0.717, 1.165) is 30.5 Å². The molecule has 7 nitrogen and oxygen atoms in total. The summed E-state index contributed by atoms with van der Waals surface area (Å²) >= 11 is 0. The summed E-state index contributed by atoms with van der Waals surface area (Å²) in [6.07, 6.45) is -3.87. The second-order valence-electron chi connectivity index (χ2n) is 5.00. The van der Waals surface area contributed by atoms with E-state index in [2.05, 4.69) is 4.74 Å². The standard InChI is InChI=1S/C16H8F3NO6/c17-16(18,19)26-10-3-1-9(2-4-10)15(21)25-11-5-6-14-12(7-11)13(8-24-14)20(22)23/h1-8H. The predicted molar refractivity (Wildman–Crippen MR) is 81.0 cm³/mol. The molecule has 0 spiro atoms. The molecule has 3 rings (SSSR count). The third kappa shape index (κ3) is 3.74. The van der Waals surface area contributed by atoms with Gasteiger partial charge in [-0.3, -0.25) is 10.1 Å². The van der Waals surface area contributed by atoms with E-state index in [-0.39, 0.29) is 28.0 Å². The van der Waals surface area contributed by atoms with Crippen LogP contribution in [-0.2, 0) is 0 Å². The van der Waals surface area contributed by atoms with Gasteiger partial charge in [-0.25, -0.2) is 4.79 Å². The average Bonchev–Trinajstić information content (AvgIpc) is 2.97. The van der Waals surface area contributed by atoms with Crippen molar-refractivity contribution in [2.24, 2.45) is 0 Å². The second kappa shape index (κ2) is 6.39. The Morgan fingerprint density at radius 3 is 2.35 bits per heavy atom. The molecular weight excluding hydrogens is 359 g/mol. The van der Waals surface area contributed by atoms with E-state index in [1.807, 2.05) is 0 Å². The van der Waals surface area contributed by atoms with Crippen LogP contribution in [0.4, 0.5) is 18.9 Å². The normalized spacial score (nSPS) is 11.3. The minimum atomic E-state index is -4.84. The van der Waals surface area contributed by atoms with Crippen molar-refractivity contribution in [3.63, 3.8) is 0 Å². The highest BCUT2D eigenvalue weighted by molar-refractivity contribution is 5.93. The summed E-state index contributed by atoms with van der Waals surface area (Å²) in [4.78, 5) is 22.3. The Morgan fingerprint density at radius 2 is 1.73 bits per heavy atom. The van der Waals surface area contributed by atoms with Gasteiger partial charge in [0.05, 0.1) is 10.5 Å². The number of nitro groups is 1. The van der Waals surface area contributed by atoms with Crippen LogP contribution in [0.25, 0.3) is 11.0 Å². The zero-order chi connectivity index (χ0) is 18.9. The number of halogens is 3. The zero-order valence-electron chi connectivity index (χ0n) is 12.6. The molecule has 0 aliphatic rings. The Morgan fingerprint density at radius 1 is 1.08 bits per heavy atom. The lowest BCUT2D eigenvalue weighted by molar-refractivity contribution is -0.383. The van der Waals surface area contributed by atoms with Gasteiger partial charge in [-0.1, -0.05) is 0 Å². The minimum absolute atomic E-state index is 0.0163. The number of rotatable bonds is 4. The van der Waals surface area contributed by atoms with E-state index in [9.17, 15) is 28.1 Å². The largest absolute Gasteiger partial charge is 0.573 e. The van der Waals surface area contributed by atoms with Crippen molar-refractivity contribution in [3.8, 4) is 11.5 Å². The number of hydrogen-bond acceptors (Lipinski definition) is 6. The molecule has 0 fully saturated rings. The SMILES string of the molecule is O=C(Oc1ccc2occ([N+](=O)[O-])c2c1)c1ccc(OC(F)(F)F)cc1. The molecule has 0 radical (unpaired) electrons. The number of carbonyl (C=O) groups excluding carboxylic acids is 1. The van der Waals surface area contributed by atoms with Crippen LogP contribution in [0, 0.1) is 10.1 Å². The molecule has 2 aromatic carbocycles.